The minimum absolute atomic E-state index is 0.260. The largest absolute Gasteiger partial charge is 0.485 e. The molecule has 1 saturated heterocycles. The number of carbonyl (C=O) groups excluding carboxylic acids is 1. The Morgan fingerprint density at radius 2 is 2.00 bits per heavy atom. The normalized spacial score (nSPS) is 16.3. The van der Waals surface area contributed by atoms with Crippen molar-refractivity contribution in [2.75, 3.05) is 34.4 Å². The second kappa shape index (κ2) is 8.48. The van der Waals surface area contributed by atoms with Crippen LogP contribution >= 0.6 is 39.3 Å². The number of thioether (sulfide) groups is 1. The summed E-state index contributed by atoms with van der Waals surface area (Å²) in [7, 11) is 0. The molecule has 0 radical (unpaired) electrons. The smallest absolute Gasteiger partial charge is 0.420 e. The highest BCUT2D eigenvalue weighted by atomic mass is 79.9. The molecule has 0 saturated carbocycles. The zero-order chi connectivity index (χ0) is 21.5. The number of ether oxygens (including phenoxy) is 2. The lowest BCUT2D eigenvalue weighted by molar-refractivity contribution is 0.0598. The van der Waals surface area contributed by atoms with E-state index in [4.69, 9.17) is 21.1 Å². The predicted octanol–water partition coefficient (Wildman–Crippen LogP) is 6.02. The summed E-state index contributed by atoms with van der Waals surface area (Å²) in [6.45, 7) is 7.65. The molecule has 0 atom stereocenters. The van der Waals surface area contributed by atoms with E-state index in [1.165, 1.54) is 4.90 Å². The molecule has 3 heterocycles. The molecule has 1 amide bonds. The second-order valence-electron chi connectivity index (χ2n) is 8.07. The minimum Gasteiger partial charge on any atom is -0.485 e. The van der Waals surface area contributed by atoms with Gasteiger partial charge in [-0.15, -0.1) is 0 Å². The van der Waals surface area contributed by atoms with Crippen molar-refractivity contribution in [3.63, 3.8) is 0 Å². The number of hydrogen-bond acceptors (Lipinski definition) is 6. The molecular formula is C21H23BrClN3O3S. The SMILES string of the molecule is CC(C)(C)OC(=O)N1c2cc(Br)cc(Cl)c2OCc2c(N3CCSCC3)ccnc21. The van der Waals surface area contributed by atoms with Crippen LogP contribution in [0.1, 0.15) is 26.3 Å². The number of halogens is 2. The average molecular weight is 513 g/mol. The van der Waals surface area contributed by atoms with Gasteiger partial charge in [0.15, 0.2) is 11.6 Å². The number of amides is 1. The van der Waals surface area contributed by atoms with Crippen LogP contribution in [-0.4, -0.2) is 41.3 Å². The number of hydrogen-bond donors (Lipinski definition) is 0. The average Bonchev–Trinajstić information content (AvgIpc) is 2.84. The number of nitrogens with zero attached hydrogens (tertiary/aromatic N) is 3. The van der Waals surface area contributed by atoms with E-state index >= 15 is 0 Å². The van der Waals surface area contributed by atoms with E-state index in [1.807, 2.05) is 38.6 Å². The molecule has 2 aliphatic heterocycles. The van der Waals surface area contributed by atoms with Gasteiger partial charge in [-0.25, -0.2) is 14.7 Å². The highest BCUT2D eigenvalue weighted by Crippen LogP contribution is 2.46. The van der Waals surface area contributed by atoms with Crippen LogP contribution < -0.4 is 14.5 Å². The fourth-order valence-electron chi connectivity index (χ4n) is 3.51. The fraction of sp³-hybridized carbons (Fsp3) is 0.429. The van der Waals surface area contributed by atoms with Gasteiger partial charge in [-0.3, -0.25) is 0 Å². The van der Waals surface area contributed by atoms with Gasteiger partial charge in [-0.05, 0) is 39.0 Å². The van der Waals surface area contributed by atoms with Gasteiger partial charge >= 0.3 is 6.09 Å². The number of aromatic nitrogens is 1. The molecular weight excluding hydrogens is 490 g/mol. The van der Waals surface area contributed by atoms with E-state index in [9.17, 15) is 4.79 Å². The van der Waals surface area contributed by atoms with Gasteiger partial charge in [0.1, 0.15) is 12.2 Å². The summed E-state index contributed by atoms with van der Waals surface area (Å²) >= 11 is 11.9. The van der Waals surface area contributed by atoms with Crippen LogP contribution in [-0.2, 0) is 11.3 Å². The van der Waals surface area contributed by atoms with Crippen molar-refractivity contribution in [1.29, 1.82) is 0 Å². The predicted molar refractivity (Wildman–Crippen MR) is 126 cm³/mol. The van der Waals surface area contributed by atoms with E-state index < -0.39 is 11.7 Å². The summed E-state index contributed by atoms with van der Waals surface area (Å²) in [4.78, 5) is 21.7. The number of anilines is 3. The van der Waals surface area contributed by atoms with E-state index in [0.29, 0.717) is 22.3 Å². The topological polar surface area (TPSA) is 54.9 Å². The summed E-state index contributed by atoms with van der Waals surface area (Å²) < 4.78 is 12.6. The van der Waals surface area contributed by atoms with Gasteiger partial charge in [-0.2, -0.15) is 11.8 Å². The van der Waals surface area contributed by atoms with Crippen LogP contribution in [0.25, 0.3) is 0 Å². The highest BCUT2D eigenvalue weighted by molar-refractivity contribution is 9.10. The highest BCUT2D eigenvalue weighted by Gasteiger charge is 2.35. The molecule has 30 heavy (non-hydrogen) atoms. The summed E-state index contributed by atoms with van der Waals surface area (Å²) in [6, 6.07) is 5.53. The third-order valence-electron chi connectivity index (χ3n) is 4.74. The number of carbonyl (C=O) groups is 1. The zero-order valence-corrected chi connectivity index (χ0v) is 20.2. The quantitative estimate of drug-likeness (QED) is 0.466. The first-order valence-corrected chi connectivity index (χ1v) is 12.0. The molecule has 0 spiro atoms. The zero-order valence-electron chi connectivity index (χ0n) is 17.1. The third-order valence-corrected chi connectivity index (χ3v) is 6.42. The Labute approximate surface area is 194 Å². The maximum Gasteiger partial charge on any atom is 0.420 e. The van der Waals surface area contributed by atoms with Crippen LogP contribution in [0.3, 0.4) is 0 Å². The van der Waals surface area contributed by atoms with E-state index in [2.05, 4.69) is 25.8 Å². The van der Waals surface area contributed by atoms with Crippen molar-refractivity contribution in [2.24, 2.45) is 0 Å². The lowest BCUT2D eigenvalue weighted by atomic mass is 10.1. The molecule has 0 unspecified atom stereocenters. The van der Waals surface area contributed by atoms with Crippen molar-refractivity contribution in [2.45, 2.75) is 33.0 Å². The lowest BCUT2D eigenvalue weighted by Gasteiger charge is -2.32. The molecule has 1 aromatic carbocycles. The van der Waals surface area contributed by atoms with Gasteiger partial charge < -0.3 is 14.4 Å². The van der Waals surface area contributed by atoms with Gasteiger partial charge in [-0.1, -0.05) is 27.5 Å². The number of fused-ring (bicyclic) bond motifs is 2. The molecule has 0 aliphatic carbocycles. The second-order valence-corrected chi connectivity index (χ2v) is 10.6. The van der Waals surface area contributed by atoms with Crippen molar-refractivity contribution in [1.82, 2.24) is 4.98 Å². The van der Waals surface area contributed by atoms with Crippen LogP contribution in [0.2, 0.25) is 5.02 Å². The molecule has 1 aromatic heterocycles. The number of pyridine rings is 1. The van der Waals surface area contributed by atoms with Gasteiger partial charge in [0.2, 0.25) is 0 Å². The van der Waals surface area contributed by atoms with Crippen molar-refractivity contribution >= 4 is 62.6 Å². The van der Waals surface area contributed by atoms with Crippen molar-refractivity contribution in [3.05, 3.63) is 39.5 Å². The minimum atomic E-state index is -0.665. The molecule has 2 aliphatic rings. The van der Waals surface area contributed by atoms with E-state index in [0.717, 1.165) is 40.3 Å². The Kier molecular flexibility index (Phi) is 6.10. The molecule has 6 nitrogen and oxygen atoms in total. The number of rotatable bonds is 1. The summed E-state index contributed by atoms with van der Waals surface area (Å²) in [5.41, 5.74) is 1.71. The Balaban J connectivity index is 1.88. The first kappa shape index (κ1) is 21.6. The standard InChI is InChI=1S/C21H23BrClN3O3S/c1-21(2,3)29-20(27)26-17-11-13(22)10-15(23)18(17)28-12-14-16(4-5-24-19(14)26)25-6-8-30-9-7-25/h4-5,10-11H,6-9,12H2,1-3H3. The monoisotopic (exact) mass is 511 g/mol. The van der Waals surface area contributed by atoms with Gasteiger partial charge in [0, 0.05) is 41.0 Å². The fourth-order valence-corrected chi connectivity index (χ4v) is 5.26. The van der Waals surface area contributed by atoms with Crippen molar-refractivity contribution < 1.29 is 14.3 Å². The van der Waals surface area contributed by atoms with Crippen LogP contribution in [0.4, 0.5) is 22.0 Å². The molecule has 0 N–H and O–H groups in total. The summed E-state index contributed by atoms with van der Waals surface area (Å²) in [5, 5.41) is 0.414. The molecule has 4 rings (SSSR count). The first-order chi connectivity index (χ1) is 14.2. The van der Waals surface area contributed by atoms with Crippen molar-refractivity contribution in [3.8, 4) is 5.75 Å². The molecule has 1 fully saturated rings. The first-order valence-electron chi connectivity index (χ1n) is 9.70. The van der Waals surface area contributed by atoms with Gasteiger partial charge in [0.25, 0.3) is 0 Å². The Morgan fingerprint density at radius 3 is 2.70 bits per heavy atom. The molecule has 0 bridgehead atoms. The summed E-state index contributed by atoms with van der Waals surface area (Å²) in [6.07, 6.45) is 1.21. The Hall–Kier alpha value is -1.64. The Morgan fingerprint density at radius 1 is 1.27 bits per heavy atom. The van der Waals surface area contributed by atoms with Gasteiger partial charge in [0.05, 0.1) is 16.3 Å². The van der Waals surface area contributed by atoms with E-state index in [1.54, 1.807) is 18.3 Å². The maximum absolute atomic E-state index is 13.3. The van der Waals surface area contributed by atoms with Crippen LogP contribution in [0, 0.1) is 0 Å². The van der Waals surface area contributed by atoms with E-state index in [-0.39, 0.29) is 6.61 Å². The third kappa shape index (κ3) is 4.36. The molecule has 9 heteroatoms. The molecule has 160 valence electrons. The lowest BCUT2D eigenvalue weighted by Crippen LogP contribution is -2.36. The van der Waals surface area contributed by atoms with Crippen LogP contribution in [0.15, 0.2) is 28.9 Å². The van der Waals surface area contributed by atoms with Crippen LogP contribution in [0.5, 0.6) is 5.75 Å². The number of benzene rings is 1. The maximum atomic E-state index is 13.3. The Bertz CT molecular complexity index is 977. The molecule has 2 aromatic rings. The summed E-state index contributed by atoms with van der Waals surface area (Å²) in [5.74, 6) is 3.07.